The summed E-state index contributed by atoms with van der Waals surface area (Å²) in [6.07, 6.45) is 0. The van der Waals surface area contributed by atoms with Gasteiger partial charge in [-0.2, -0.15) is 5.26 Å². The van der Waals surface area contributed by atoms with Gasteiger partial charge in [0.1, 0.15) is 17.4 Å². The Morgan fingerprint density at radius 3 is 3.00 bits per heavy atom. The molecule has 1 N–H and O–H groups in total. The number of fused-ring (bicyclic) bond motifs is 1. The van der Waals surface area contributed by atoms with E-state index in [2.05, 4.69) is 16.0 Å². The number of imidazole rings is 1. The van der Waals surface area contributed by atoms with Crippen LogP contribution < -0.4 is 0 Å². The van der Waals surface area contributed by atoms with Gasteiger partial charge in [0.2, 0.25) is 0 Å². The Hall–Kier alpha value is -2.35. The van der Waals surface area contributed by atoms with Gasteiger partial charge in [0.25, 0.3) is 0 Å². The summed E-state index contributed by atoms with van der Waals surface area (Å²) in [7, 11) is 0. The highest BCUT2D eigenvalue weighted by atomic mass is 16.5. The fourth-order valence-electron chi connectivity index (χ4n) is 1.68. The van der Waals surface area contributed by atoms with Crippen molar-refractivity contribution >= 4 is 17.0 Å². The van der Waals surface area contributed by atoms with Gasteiger partial charge < -0.3 is 9.72 Å². The second kappa shape index (κ2) is 4.26. The predicted octanol–water partition coefficient (Wildman–Crippen LogP) is 1.92. The van der Waals surface area contributed by atoms with E-state index in [0.29, 0.717) is 34.6 Å². The molecule has 1 aromatic heterocycles. The van der Waals surface area contributed by atoms with Gasteiger partial charge in [-0.15, -0.1) is 0 Å². The summed E-state index contributed by atoms with van der Waals surface area (Å²) >= 11 is 0. The Kier molecular flexibility index (Phi) is 2.79. The quantitative estimate of drug-likeness (QED) is 0.798. The van der Waals surface area contributed by atoms with Gasteiger partial charge in [-0.05, 0) is 26.0 Å². The van der Waals surface area contributed by atoms with Gasteiger partial charge in [0.05, 0.1) is 23.3 Å². The number of benzene rings is 1. The lowest BCUT2D eigenvalue weighted by molar-refractivity contribution is 0.0528. The van der Waals surface area contributed by atoms with Gasteiger partial charge in [-0.25, -0.2) is 9.78 Å². The second-order valence-corrected chi connectivity index (χ2v) is 3.54. The van der Waals surface area contributed by atoms with E-state index in [4.69, 9.17) is 10.00 Å². The molecule has 0 atom stereocenters. The van der Waals surface area contributed by atoms with Crippen LogP contribution in [0.5, 0.6) is 0 Å². The highest BCUT2D eigenvalue weighted by Crippen LogP contribution is 2.21. The number of ether oxygens (including phenoxy) is 1. The number of hydrogen-bond acceptors (Lipinski definition) is 4. The van der Waals surface area contributed by atoms with Gasteiger partial charge >= 0.3 is 5.97 Å². The normalized spacial score (nSPS) is 10.2. The number of hydrogen-bond donors (Lipinski definition) is 1. The van der Waals surface area contributed by atoms with E-state index in [0.717, 1.165) is 0 Å². The van der Waals surface area contributed by atoms with Crippen molar-refractivity contribution in [3.05, 3.63) is 29.1 Å². The molecule has 0 unspecified atom stereocenters. The number of nitrogens with one attached hydrogen (secondary N) is 1. The third kappa shape index (κ3) is 1.85. The number of nitrogens with zero attached hydrogens (tertiary/aromatic N) is 2. The number of aryl methyl sites for hydroxylation is 1. The van der Waals surface area contributed by atoms with E-state index < -0.39 is 5.97 Å². The van der Waals surface area contributed by atoms with Crippen LogP contribution in [0, 0.1) is 18.3 Å². The predicted molar refractivity (Wildman–Crippen MR) is 61.5 cm³/mol. The molecular formula is C12H11N3O2. The van der Waals surface area contributed by atoms with Gasteiger partial charge in [0, 0.05) is 0 Å². The lowest BCUT2D eigenvalue weighted by Crippen LogP contribution is -2.05. The summed E-state index contributed by atoms with van der Waals surface area (Å²) in [5.41, 5.74) is 1.91. The minimum absolute atomic E-state index is 0.309. The van der Waals surface area contributed by atoms with Crippen LogP contribution in [0.1, 0.15) is 28.7 Å². The maximum absolute atomic E-state index is 11.7. The Balaban J connectivity index is 2.67. The maximum atomic E-state index is 11.7. The molecule has 0 amide bonds. The van der Waals surface area contributed by atoms with Crippen LogP contribution in [-0.4, -0.2) is 22.5 Å². The van der Waals surface area contributed by atoms with Crippen LogP contribution in [0.2, 0.25) is 0 Å². The molecule has 2 rings (SSSR count). The highest BCUT2D eigenvalue weighted by molar-refractivity contribution is 6.03. The zero-order valence-corrected chi connectivity index (χ0v) is 9.57. The minimum atomic E-state index is -0.423. The number of carbonyl (C=O) groups is 1. The SMILES string of the molecule is CCOC(=O)c1ccc(C#N)c2[nH]c(C)nc12. The summed E-state index contributed by atoms with van der Waals surface area (Å²) in [5.74, 6) is 0.238. The molecule has 0 fully saturated rings. The number of nitriles is 1. The molecule has 0 spiro atoms. The average Bonchev–Trinajstić information content (AvgIpc) is 2.69. The molecule has 0 saturated carbocycles. The fourth-order valence-corrected chi connectivity index (χ4v) is 1.68. The van der Waals surface area contributed by atoms with E-state index in [1.807, 2.05) is 0 Å². The van der Waals surface area contributed by atoms with Crippen LogP contribution >= 0.6 is 0 Å². The minimum Gasteiger partial charge on any atom is -0.462 e. The van der Waals surface area contributed by atoms with Crippen molar-refractivity contribution in [3.8, 4) is 6.07 Å². The second-order valence-electron chi connectivity index (χ2n) is 3.54. The van der Waals surface area contributed by atoms with E-state index in [1.165, 1.54) is 0 Å². The van der Waals surface area contributed by atoms with Crippen molar-refractivity contribution in [2.75, 3.05) is 6.61 Å². The zero-order valence-electron chi connectivity index (χ0n) is 9.57. The summed E-state index contributed by atoms with van der Waals surface area (Å²) in [6, 6.07) is 5.22. The third-order valence-electron chi connectivity index (χ3n) is 2.38. The van der Waals surface area contributed by atoms with Crippen LogP contribution in [-0.2, 0) is 4.74 Å². The first-order valence-electron chi connectivity index (χ1n) is 5.24. The lowest BCUT2D eigenvalue weighted by Gasteiger charge is -2.02. The maximum Gasteiger partial charge on any atom is 0.340 e. The zero-order chi connectivity index (χ0) is 12.4. The Bertz CT molecular complexity index is 622. The van der Waals surface area contributed by atoms with E-state index in [-0.39, 0.29) is 0 Å². The van der Waals surface area contributed by atoms with Gasteiger partial charge in [-0.3, -0.25) is 0 Å². The summed E-state index contributed by atoms with van der Waals surface area (Å²) < 4.78 is 4.94. The molecular weight excluding hydrogens is 218 g/mol. The van der Waals surface area contributed by atoms with E-state index >= 15 is 0 Å². The number of rotatable bonds is 2. The molecule has 5 heteroatoms. The largest absolute Gasteiger partial charge is 0.462 e. The molecule has 86 valence electrons. The summed E-state index contributed by atoms with van der Waals surface area (Å²) in [6.45, 7) is 3.83. The molecule has 0 radical (unpaired) electrons. The molecule has 1 aromatic carbocycles. The number of aromatic amines is 1. The molecule has 5 nitrogen and oxygen atoms in total. The lowest BCUT2D eigenvalue weighted by atomic mass is 10.1. The molecule has 17 heavy (non-hydrogen) atoms. The fraction of sp³-hybridized carbons (Fsp3) is 0.250. The van der Waals surface area contributed by atoms with Crippen molar-refractivity contribution in [3.63, 3.8) is 0 Å². The third-order valence-corrected chi connectivity index (χ3v) is 2.38. The first kappa shape index (κ1) is 11.1. The Morgan fingerprint density at radius 1 is 1.59 bits per heavy atom. The van der Waals surface area contributed by atoms with Gasteiger partial charge in [0.15, 0.2) is 0 Å². The Morgan fingerprint density at radius 2 is 2.35 bits per heavy atom. The van der Waals surface area contributed by atoms with Crippen LogP contribution in [0.3, 0.4) is 0 Å². The molecule has 2 aromatic rings. The van der Waals surface area contributed by atoms with Crippen molar-refractivity contribution in [2.45, 2.75) is 13.8 Å². The van der Waals surface area contributed by atoms with Crippen LogP contribution in [0.25, 0.3) is 11.0 Å². The number of aromatic nitrogens is 2. The van der Waals surface area contributed by atoms with Crippen molar-refractivity contribution < 1.29 is 9.53 Å². The first-order chi connectivity index (χ1) is 8.17. The highest BCUT2D eigenvalue weighted by Gasteiger charge is 2.16. The molecule has 0 aliphatic carbocycles. The standard InChI is InChI=1S/C12H11N3O2/c1-3-17-12(16)9-5-4-8(6-13)10-11(9)15-7(2)14-10/h4-5H,3H2,1-2H3,(H,14,15). The molecule has 0 aliphatic heterocycles. The number of H-pyrrole nitrogens is 1. The molecule has 1 heterocycles. The van der Waals surface area contributed by atoms with Crippen molar-refractivity contribution in [1.82, 2.24) is 9.97 Å². The van der Waals surface area contributed by atoms with Crippen molar-refractivity contribution in [2.24, 2.45) is 0 Å². The van der Waals surface area contributed by atoms with Crippen LogP contribution in [0.4, 0.5) is 0 Å². The van der Waals surface area contributed by atoms with Gasteiger partial charge in [-0.1, -0.05) is 0 Å². The van der Waals surface area contributed by atoms with Crippen LogP contribution in [0.15, 0.2) is 12.1 Å². The van der Waals surface area contributed by atoms with E-state index in [9.17, 15) is 4.79 Å². The molecule has 0 aliphatic rings. The summed E-state index contributed by atoms with van der Waals surface area (Å²) in [5, 5.41) is 8.96. The molecule has 0 bridgehead atoms. The van der Waals surface area contributed by atoms with E-state index in [1.54, 1.807) is 26.0 Å². The van der Waals surface area contributed by atoms with Crippen molar-refractivity contribution in [1.29, 1.82) is 5.26 Å². The first-order valence-corrected chi connectivity index (χ1v) is 5.24. The topological polar surface area (TPSA) is 78.8 Å². The average molecular weight is 229 g/mol. The summed E-state index contributed by atoms with van der Waals surface area (Å²) in [4.78, 5) is 18.9. The number of carbonyl (C=O) groups excluding carboxylic acids is 1. The Labute approximate surface area is 98.0 Å². The molecule has 0 saturated heterocycles. The smallest absolute Gasteiger partial charge is 0.340 e. The number of esters is 1. The monoisotopic (exact) mass is 229 g/mol.